The van der Waals surface area contributed by atoms with Crippen molar-refractivity contribution in [3.05, 3.63) is 47.3 Å². The quantitative estimate of drug-likeness (QED) is 0.615. The average molecular weight is 451 g/mol. The van der Waals surface area contributed by atoms with Crippen molar-refractivity contribution in [2.45, 2.75) is 33.2 Å². The Morgan fingerprint density at radius 1 is 1.22 bits per heavy atom. The standard InChI is InChI=1S/C23H29F3N4O2/c1-4-16-10-21(28(3)27-16)22(31)30(14-20-18-12-29(5-2)13-19(18)20)11-15-7-6-8-17(9-15)32-23(24,25)26/h6-10,18-20H,4-5,11-14H2,1-3H3. The van der Waals surface area contributed by atoms with Crippen molar-refractivity contribution in [3.63, 3.8) is 0 Å². The summed E-state index contributed by atoms with van der Waals surface area (Å²) in [6.45, 7) is 8.06. The minimum absolute atomic E-state index is 0.154. The number of carbonyl (C=O) groups is 1. The first kappa shape index (κ1) is 22.6. The Morgan fingerprint density at radius 3 is 2.53 bits per heavy atom. The number of likely N-dealkylation sites (tertiary alicyclic amines) is 1. The van der Waals surface area contributed by atoms with Gasteiger partial charge in [0.15, 0.2) is 0 Å². The van der Waals surface area contributed by atoms with Crippen LogP contribution < -0.4 is 4.74 Å². The van der Waals surface area contributed by atoms with E-state index in [1.807, 2.05) is 6.92 Å². The number of hydrogen-bond acceptors (Lipinski definition) is 4. The molecule has 4 rings (SSSR count). The van der Waals surface area contributed by atoms with Crippen molar-refractivity contribution in [3.8, 4) is 5.75 Å². The number of benzene rings is 1. The molecule has 0 spiro atoms. The summed E-state index contributed by atoms with van der Waals surface area (Å²) in [5.74, 6) is 1.17. The summed E-state index contributed by atoms with van der Waals surface area (Å²) in [6, 6.07) is 7.65. The normalized spacial score (nSPS) is 22.6. The Kier molecular flexibility index (Phi) is 6.20. The Morgan fingerprint density at radius 2 is 1.94 bits per heavy atom. The third kappa shape index (κ3) is 4.92. The van der Waals surface area contributed by atoms with Crippen molar-refractivity contribution < 1.29 is 22.7 Å². The maximum Gasteiger partial charge on any atom is 0.573 e. The number of piperidine rings is 1. The molecule has 9 heteroatoms. The molecule has 0 bridgehead atoms. The molecule has 2 unspecified atom stereocenters. The van der Waals surface area contributed by atoms with E-state index in [2.05, 4.69) is 21.7 Å². The van der Waals surface area contributed by atoms with Gasteiger partial charge in [-0.3, -0.25) is 9.48 Å². The molecule has 2 atom stereocenters. The molecule has 1 saturated carbocycles. The first-order valence-electron chi connectivity index (χ1n) is 11.1. The molecule has 6 nitrogen and oxygen atoms in total. The molecule has 1 saturated heterocycles. The molecule has 2 fully saturated rings. The fraction of sp³-hybridized carbons (Fsp3) is 0.565. The van der Waals surface area contributed by atoms with E-state index in [-0.39, 0.29) is 18.2 Å². The van der Waals surface area contributed by atoms with Crippen LogP contribution in [0.15, 0.2) is 30.3 Å². The first-order chi connectivity index (χ1) is 15.2. The first-order valence-corrected chi connectivity index (χ1v) is 11.1. The summed E-state index contributed by atoms with van der Waals surface area (Å²) >= 11 is 0. The fourth-order valence-electron chi connectivity index (χ4n) is 4.86. The van der Waals surface area contributed by atoms with Gasteiger partial charge >= 0.3 is 6.36 Å². The molecule has 1 aliphatic heterocycles. The molecule has 32 heavy (non-hydrogen) atoms. The zero-order valence-corrected chi connectivity index (χ0v) is 18.6. The van der Waals surface area contributed by atoms with Gasteiger partial charge in [0.25, 0.3) is 5.91 Å². The molecule has 2 aliphatic rings. The number of alkyl halides is 3. The largest absolute Gasteiger partial charge is 0.573 e. The zero-order valence-electron chi connectivity index (χ0n) is 18.6. The van der Waals surface area contributed by atoms with Crippen molar-refractivity contribution in [2.75, 3.05) is 26.2 Å². The second-order valence-electron chi connectivity index (χ2n) is 8.72. The summed E-state index contributed by atoms with van der Waals surface area (Å²) < 4.78 is 43.6. The molecule has 1 aromatic heterocycles. The summed E-state index contributed by atoms with van der Waals surface area (Å²) in [4.78, 5) is 17.6. The highest BCUT2D eigenvalue weighted by atomic mass is 19.4. The van der Waals surface area contributed by atoms with Crippen LogP contribution in [-0.4, -0.2) is 58.0 Å². The molecule has 2 aromatic rings. The molecular formula is C23H29F3N4O2. The number of hydrogen-bond donors (Lipinski definition) is 0. The van der Waals surface area contributed by atoms with E-state index in [1.54, 1.807) is 28.8 Å². The van der Waals surface area contributed by atoms with Crippen LogP contribution in [0.3, 0.4) is 0 Å². The van der Waals surface area contributed by atoms with Gasteiger partial charge in [-0.25, -0.2) is 0 Å². The molecule has 1 aromatic carbocycles. The number of carbonyl (C=O) groups excluding carboxylic acids is 1. The van der Waals surface area contributed by atoms with Crippen LogP contribution >= 0.6 is 0 Å². The van der Waals surface area contributed by atoms with E-state index in [0.29, 0.717) is 35.6 Å². The van der Waals surface area contributed by atoms with Gasteiger partial charge in [-0.05, 0) is 54.5 Å². The van der Waals surface area contributed by atoms with E-state index in [9.17, 15) is 18.0 Å². The number of nitrogens with zero attached hydrogens (tertiary/aromatic N) is 4. The van der Waals surface area contributed by atoms with E-state index in [0.717, 1.165) is 31.7 Å². The van der Waals surface area contributed by atoms with Crippen molar-refractivity contribution in [2.24, 2.45) is 24.8 Å². The lowest BCUT2D eigenvalue weighted by Crippen LogP contribution is -2.36. The monoisotopic (exact) mass is 450 g/mol. The highest BCUT2D eigenvalue weighted by Crippen LogP contribution is 2.52. The van der Waals surface area contributed by atoms with Crippen molar-refractivity contribution in [1.82, 2.24) is 19.6 Å². The molecule has 1 aliphatic carbocycles. The molecule has 1 amide bonds. The van der Waals surface area contributed by atoms with Gasteiger partial charge in [-0.2, -0.15) is 5.10 Å². The lowest BCUT2D eigenvalue weighted by atomic mass is 10.1. The third-order valence-corrected chi connectivity index (χ3v) is 6.63. The van der Waals surface area contributed by atoms with E-state index in [4.69, 9.17) is 0 Å². The van der Waals surface area contributed by atoms with Crippen LogP contribution in [0.1, 0.15) is 35.6 Å². The number of halogens is 3. The zero-order chi connectivity index (χ0) is 23.0. The number of amides is 1. The maximum absolute atomic E-state index is 13.5. The molecular weight excluding hydrogens is 421 g/mol. The fourth-order valence-corrected chi connectivity index (χ4v) is 4.86. The van der Waals surface area contributed by atoms with Gasteiger partial charge in [-0.1, -0.05) is 26.0 Å². The summed E-state index contributed by atoms with van der Waals surface area (Å²) in [6.07, 6.45) is -4.03. The number of rotatable bonds is 8. The number of aryl methyl sites for hydroxylation is 2. The van der Waals surface area contributed by atoms with Crippen molar-refractivity contribution >= 4 is 5.91 Å². The minimum atomic E-state index is -4.75. The SMILES string of the molecule is CCc1cc(C(=O)N(Cc2cccc(OC(F)(F)F)c2)CC2C3CN(CC)CC32)n(C)n1. The highest BCUT2D eigenvalue weighted by molar-refractivity contribution is 5.92. The van der Waals surface area contributed by atoms with Crippen LogP contribution in [0.5, 0.6) is 5.75 Å². The van der Waals surface area contributed by atoms with Crippen LogP contribution in [-0.2, 0) is 20.0 Å². The summed E-state index contributed by atoms with van der Waals surface area (Å²) in [7, 11) is 1.74. The van der Waals surface area contributed by atoms with Crippen LogP contribution in [0.4, 0.5) is 13.2 Å². The van der Waals surface area contributed by atoms with Crippen LogP contribution in [0.25, 0.3) is 0 Å². The summed E-state index contributed by atoms with van der Waals surface area (Å²) in [5.41, 5.74) is 1.92. The third-order valence-electron chi connectivity index (χ3n) is 6.63. The van der Waals surface area contributed by atoms with Crippen LogP contribution in [0, 0.1) is 17.8 Å². The van der Waals surface area contributed by atoms with E-state index >= 15 is 0 Å². The molecule has 0 N–H and O–H groups in total. The average Bonchev–Trinajstić information content (AvgIpc) is 3.07. The van der Waals surface area contributed by atoms with Gasteiger partial charge in [-0.15, -0.1) is 13.2 Å². The maximum atomic E-state index is 13.5. The minimum Gasteiger partial charge on any atom is -0.406 e. The lowest BCUT2D eigenvalue weighted by molar-refractivity contribution is -0.274. The van der Waals surface area contributed by atoms with E-state index in [1.165, 1.54) is 18.2 Å². The molecule has 2 heterocycles. The molecule has 174 valence electrons. The van der Waals surface area contributed by atoms with Crippen LogP contribution in [0.2, 0.25) is 0 Å². The summed E-state index contributed by atoms with van der Waals surface area (Å²) in [5, 5.41) is 4.38. The molecule has 0 radical (unpaired) electrons. The number of ether oxygens (including phenoxy) is 1. The van der Waals surface area contributed by atoms with Gasteiger partial charge < -0.3 is 14.5 Å². The van der Waals surface area contributed by atoms with Gasteiger partial charge in [0.2, 0.25) is 0 Å². The Balaban J connectivity index is 1.53. The lowest BCUT2D eigenvalue weighted by Gasteiger charge is -2.25. The van der Waals surface area contributed by atoms with Gasteiger partial charge in [0.05, 0.1) is 5.69 Å². The topological polar surface area (TPSA) is 50.6 Å². The Hall–Kier alpha value is -2.55. The highest BCUT2D eigenvalue weighted by Gasteiger charge is 2.55. The van der Waals surface area contributed by atoms with Crippen molar-refractivity contribution in [1.29, 1.82) is 0 Å². The number of fused-ring (bicyclic) bond motifs is 1. The predicted octanol–water partition coefficient (Wildman–Crippen LogP) is 3.72. The Bertz CT molecular complexity index is 962. The smallest absolute Gasteiger partial charge is 0.406 e. The van der Waals surface area contributed by atoms with Gasteiger partial charge in [0.1, 0.15) is 11.4 Å². The Labute approximate surface area is 185 Å². The number of aromatic nitrogens is 2. The van der Waals surface area contributed by atoms with E-state index < -0.39 is 6.36 Å². The second-order valence-corrected chi connectivity index (χ2v) is 8.72. The predicted molar refractivity (Wildman–Crippen MR) is 113 cm³/mol. The van der Waals surface area contributed by atoms with Gasteiger partial charge in [0, 0.05) is 33.2 Å². The second kappa shape index (κ2) is 8.77.